The molecule has 10 heavy (non-hydrogen) atoms. The molecule has 1 nitrogen and oxygen atoms in total. The molecule has 0 aromatic carbocycles. The Morgan fingerprint density at radius 1 is 1.70 bits per heavy atom. The van der Waals surface area contributed by atoms with Gasteiger partial charge in [-0.2, -0.15) is 5.26 Å². The molecule has 0 aromatic heterocycles. The summed E-state index contributed by atoms with van der Waals surface area (Å²) in [6.07, 6.45) is 1.82. The number of rotatable bonds is 5. The molecule has 3 heteroatoms. The maximum atomic E-state index is 8.21. The van der Waals surface area contributed by atoms with E-state index in [0.29, 0.717) is 5.38 Å². The zero-order valence-electron chi connectivity index (χ0n) is 6.44. The lowest BCUT2D eigenvalue weighted by Crippen LogP contribution is -1.97. The summed E-state index contributed by atoms with van der Waals surface area (Å²) in [6, 6.07) is 4.64. The first kappa shape index (κ1) is 10.00. The van der Waals surface area contributed by atoms with Crippen LogP contribution in [-0.4, -0.2) is 14.9 Å². The van der Waals surface area contributed by atoms with Crippen LogP contribution in [0.1, 0.15) is 19.8 Å². The molecule has 0 aromatic rings. The van der Waals surface area contributed by atoms with Crippen molar-refractivity contribution in [1.29, 1.82) is 5.26 Å². The molecule has 0 spiro atoms. The maximum absolute atomic E-state index is 8.21. The fourth-order valence-electron chi connectivity index (χ4n) is 0.806. The van der Waals surface area contributed by atoms with Crippen LogP contribution in [0.4, 0.5) is 0 Å². The first-order chi connectivity index (χ1) is 4.77. The molecule has 58 valence electrons. The van der Waals surface area contributed by atoms with Gasteiger partial charge in [0.1, 0.15) is 0 Å². The molecule has 1 atom stereocenters. The van der Waals surface area contributed by atoms with Gasteiger partial charge in [0, 0.05) is 21.3 Å². The molecule has 0 heterocycles. The van der Waals surface area contributed by atoms with E-state index >= 15 is 0 Å². The minimum Gasteiger partial charge on any atom is -0.198 e. The predicted molar refractivity (Wildman–Crippen MR) is 48.3 cm³/mol. The van der Waals surface area contributed by atoms with Crippen molar-refractivity contribution in [2.75, 3.05) is 0 Å². The van der Waals surface area contributed by atoms with E-state index in [-0.39, 0.29) is 9.52 Å². The van der Waals surface area contributed by atoms with Crippen molar-refractivity contribution in [2.24, 2.45) is 0 Å². The highest BCUT2D eigenvalue weighted by atomic mass is 35.5. The summed E-state index contributed by atoms with van der Waals surface area (Å²) in [5.41, 5.74) is 0. The lowest BCUT2D eigenvalue weighted by Gasteiger charge is -1.98. The average molecular weight is 176 g/mol. The highest BCUT2D eigenvalue weighted by molar-refractivity contribution is 6.38. The van der Waals surface area contributed by atoms with Crippen molar-refractivity contribution in [3.05, 3.63) is 0 Å². The fraction of sp³-hybridized carbons (Fsp3) is 0.857. The topological polar surface area (TPSA) is 23.8 Å². The molecular formula is C7H14ClNSi. The van der Waals surface area contributed by atoms with E-state index in [2.05, 4.69) is 6.07 Å². The van der Waals surface area contributed by atoms with E-state index in [1.165, 1.54) is 12.1 Å². The Kier molecular flexibility index (Phi) is 7.11. The van der Waals surface area contributed by atoms with E-state index in [0.717, 1.165) is 12.8 Å². The predicted octanol–water partition coefficient (Wildman–Crippen LogP) is 1.92. The zero-order chi connectivity index (χ0) is 7.82. The summed E-state index contributed by atoms with van der Waals surface area (Å²) in [7, 11) is 0.0605. The van der Waals surface area contributed by atoms with Crippen molar-refractivity contribution in [3.63, 3.8) is 0 Å². The van der Waals surface area contributed by atoms with Crippen LogP contribution in [0, 0.1) is 11.3 Å². The molecule has 0 N–H and O–H groups in total. The van der Waals surface area contributed by atoms with Gasteiger partial charge in [0.05, 0.1) is 6.07 Å². The van der Waals surface area contributed by atoms with E-state index in [1.807, 2.05) is 6.92 Å². The Labute approximate surface area is 70.2 Å². The third-order valence-electron chi connectivity index (χ3n) is 1.39. The van der Waals surface area contributed by atoms with Gasteiger partial charge in [0.15, 0.2) is 0 Å². The van der Waals surface area contributed by atoms with E-state index < -0.39 is 0 Å². The van der Waals surface area contributed by atoms with Crippen molar-refractivity contribution >= 4 is 21.1 Å². The number of nitriles is 1. The molecule has 0 saturated heterocycles. The number of hydrogen-bond donors (Lipinski definition) is 0. The second-order valence-electron chi connectivity index (χ2n) is 2.54. The fourth-order valence-corrected chi connectivity index (χ4v) is 2.72. The Morgan fingerprint density at radius 3 is 2.90 bits per heavy atom. The molecule has 0 saturated carbocycles. The van der Waals surface area contributed by atoms with Gasteiger partial charge in [0.2, 0.25) is 0 Å². The quantitative estimate of drug-likeness (QED) is 0.356. The normalized spacial score (nSPS) is 13.7. The number of unbranched alkanes of at least 4 members (excludes halogenated alkanes) is 1. The zero-order valence-corrected chi connectivity index (χ0v) is 8.61. The number of hydrogen-bond acceptors (Lipinski definition) is 1. The van der Waals surface area contributed by atoms with E-state index in [1.54, 1.807) is 0 Å². The molecule has 0 fully saturated rings. The van der Waals surface area contributed by atoms with Crippen LogP contribution in [0.3, 0.4) is 0 Å². The van der Waals surface area contributed by atoms with Crippen LogP contribution in [0.5, 0.6) is 0 Å². The lowest BCUT2D eigenvalue weighted by atomic mass is 10.4. The largest absolute Gasteiger partial charge is 0.198 e. The highest BCUT2D eigenvalue weighted by Crippen LogP contribution is 2.03. The third kappa shape index (κ3) is 8.00. The molecule has 0 aliphatic carbocycles. The van der Waals surface area contributed by atoms with Crippen LogP contribution in [0.25, 0.3) is 0 Å². The molecule has 0 bridgehead atoms. The number of alkyl halides is 1. The minimum absolute atomic E-state index is 0.0605. The second-order valence-corrected chi connectivity index (χ2v) is 5.27. The summed E-state index contributed by atoms with van der Waals surface area (Å²) >= 11 is 5.76. The second kappa shape index (κ2) is 7.11. The van der Waals surface area contributed by atoms with Crippen molar-refractivity contribution < 1.29 is 0 Å². The van der Waals surface area contributed by atoms with Gasteiger partial charge >= 0.3 is 0 Å². The van der Waals surface area contributed by atoms with Crippen LogP contribution in [0.15, 0.2) is 0 Å². The summed E-state index contributed by atoms with van der Waals surface area (Å²) in [4.78, 5) is 0. The van der Waals surface area contributed by atoms with Crippen LogP contribution in [0.2, 0.25) is 12.1 Å². The molecule has 1 unspecified atom stereocenters. The first-order valence-corrected chi connectivity index (χ1v) is 6.22. The molecular weight excluding hydrogens is 162 g/mol. The standard InChI is InChI=1S/C7H14ClNSi/c1-7(8)6-10-5-3-2-4-9/h7H,2-3,5-6,10H2,1H3. The summed E-state index contributed by atoms with van der Waals surface area (Å²) in [6.45, 7) is 2.04. The maximum Gasteiger partial charge on any atom is 0.0621 e. The Balaban J connectivity index is 2.86. The van der Waals surface area contributed by atoms with Gasteiger partial charge in [-0.1, -0.05) is 6.04 Å². The van der Waals surface area contributed by atoms with Crippen LogP contribution < -0.4 is 0 Å². The third-order valence-corrected chi connectivity index (χ3v) is 4.25. The van der Waals surface area contributed by atoms with E-state index in [9.17, 15) is 0 Å². The number of halogens is 1. The minimum atomic E-state index is 0.0605. The summed E-state index contributed by atoms with van der Waals surface area (Å²) in [5, 5.41) is 8.57. The van der Waals surface area contributed by atoms with Gasteiger partial charge in [0.25, 0.3) is 0 Å². The van der Waals surface area contributed by atoms with Crippen molar-refractivity contribution in [1.82, 2.24) is 0 Å². The lowest BCUT2D eigenvalue weighted by molar-refractivity contribution is 0.948. The molecule has 0 aliphatic rings. The van der Waals surface area contributed by atoms with E-state index in [4.69, 9.17) is 16.9 Å². The monoisotopic (exact) mass is 175 g/mol. The SMILES string of the molecule is CC(Cl)C[SiH2]CCCC#N. The molecule has 0 aliphatic heterocycles. The van der Waals surface area contributed by atoms with Gasteiger partial charge in [-0.15, -0.1) is 11.6 Å². The van der Waals surface area contributed by atoms with Gasteiger partial charge in [-0.05, 0) is 19.4 Å². The number of nitrogens with zero attached hydrogens (tertiary/aromatic N) is 1. The summed E-state index contributed by atoms with van der Waals surface area (Å²) < 4.78 is 0. The van der Waals surface area contributed by atoms with Gasteiger partial charge in [-0.25, -0.2) is 0 Å². The van der Waals surface area contributed by atoms with Crippen molar-refractivity contribution in [3.8, 4) is 6.07 Å². The smallest absolute Gasteiger partial charge is 0.0621 e. The Morgan fingerprint density at radius 2 is 2.40 bits per heavy atom. The Hall–Kier alpha value is -0.00312. The van der Waals surface area contributed by atoms with Crippen LogP contribution >= 0.6 is 11.6 Å². The summed E-state index contributed by atoms with van der Waals surface area (Å²) in [5.74, 6) is 0. The molecule has 0 rings (SSSR count). The first-order valence-electron chi connectivity index (χ1n) is 3.78. The highest BCUT2D eigenvalue weighted by Gasteiger charge is 1.95. The molecule has 0 amide bonds. The van der Waals surface area contributed by atoms with Crippen molar-refractivity contribution in [2.45, 2.75) is 37.2 Å². The molecule has 0 radical (unpaired) electrons. The average Bonchev–Trinajstić information content (AvgIpc) is 1.87. The van der Waals surface area contributed by atoms with Crippen LogP contribution in [-0.2, 0) is 0 Å². The van der Waals surface area contributed by atoms with Gasteiger partial charge in [-0.3, -0.25) is 0 Å². The Bertz CT molecular complexity index is 109. The van der Waals surface area contributed by atoms with Gasteiger partial charge < -0.3 is 0 Å².